The van der Waals surface area contributed by atoms with E-state index in [1.807, 2.05) is 13.8 Å². The molecule has 1 aliphatic heterocycles. The van der Waals surface area contributed by atoms with Gasteiger partial charge < -0.3 is 14.7 Å². The number of urea groups is 1. The lowest BCUT2D eigenvalue weighted by Gasteiger charge is -2.33. The molecule has 1 N–H and O–H groups in total. The average molecular weight is 290 g/mol. The maximum atomic E-state index is 12.5. The molecule has 2 amide bonds. The van der Waals surface area contributed by atoms with Crippen molar-refractivity contribution in [2.75, 3.05) is 26.5 Å². The molecular weight excluding hydrogens is 268 g/mol. The number of carboxylic acids is 1. The van der Waals surface area contributed by atoms with Gasteiger partial charge in [-0.2, -0.15) is 0 Å². The molecule has 1 saturated heterocycles. The zero-order chi connectivity index (χ0) is 14.6. The molecule has 1 rings (SSSR count). The van der Waals surface area contributed by atoms with Crippen LogP contribution in [0.3, 0.4) is 0 Å². The van der Waals surface area contributed by atoms with Gasteiger partial charge in [-0.15, -0.1) is 11.8 Å². The van der Waals surface area contributed by atoms with Gasteiger partial charge in [-0.3, -0.25) is 4.90 Å². The predicted octanol–water partition coefficient (Wildman–Crippen LogP) is 1.31. The lowest BCUT2D eigenvalue weighted by atomic mass is 10.2. The van der Waals surface area contributed by atoms with Crippen molar-refractivity contribution in [2.24, 2.45) is 0 Å². The highest BCUT2D eigenvalue weighted by atomic mass is 32.2. The van der Waals surface area contributed by atoms with E-state index < -0.39 is 12.0 Å². The Morgan fingerprint density at radius 2 is 2.21 bits per heavy atom. The predicted molar refractivity (Wildman–Crippen MR) is 74.3 cm³/mol. The van der Waals surface area contributed by atoms with Gasteiger partial charge in [0.15, 0.2) is 0 Å². The third-order valence-corrected chi connectivity index (χ3v) is 4.77. The molecule has 1 fully saturated rings. The number of hydrogen-bond donors (Lipinski definition) is 1. The number of carboxylic acid groups (broad SMARTS) is 1. The summed E-state index contributed by atoms with van der Waals surface area (Å²) >= 11 is 1.52. The largest absolute Gasteiger partial charge is 0.480 e. The highest BCUT2D eigenvalue weighted by molar-refractivity contribution is 8.00. The molecule has 110 valence electrons. The number of amides is 2. The Hall–Kier alpha value is -0.950. The van der Waals surface area contributed by atoms with Gasteiger partial charge in [-0.05, 0) is 13.3 Å². The lowest BCUT2D eigenvalue weighted by molar-refractivity contribution is -0.141. The van der Waals surface area contributed by atoms with Crippen molar-refractivity contribution in [3.05, 3.63) is 0 Å². The van der Waals surface area contributed by atoms with E-state index in [-0.39, 0.29) is 17.4 Å². The Morgan fingerprint density at radius 3 is 2.68 bits per heavy atom. The Labute approximate surface area is 118 Å². The van der Waals surface area contributed by atoms with Crippen LogP contribution in [-0.2, 0) is 9.53 Å². The first-order chi connectivity index (χ1) is 8.93. The summed E-state index contributed by atoms with van der Waals surface area (Å²) in [5.41, 5.74) is 0. The van der Waals surface area contributed by atoms with Gasteiger partial charge in [-0.25, -0.2) is 9.59 Å². The summed E-state index contributed by atoms with van der Waals surface area (Å²) in [6.07, 6.45) is 0.743. The lowest BCUT2D eigenvalue weighted by Crippen LogP contribution is -2.53. The molecule has 3 unspecified atom stereocenters. The quantitative estimate of drug-likeness (QED) is 0.826. The molecule has 6 nitrogen and oxygen atoms in total. The number of likely N-dealkylation sites (N-methyl/N-ethyl adjacent to an activating group) is 1. The van der Waals surface area contributed by atoms with E-state index in [4.69, 9.17) is 4.74 Å². The van der Waals surface area contributed by atoms with E-state index in [0.717, 1.165) is 6.42 Å². The van der Waals surface area contributed by atoms with Gasteiger partial charge in [0.05, 0.1) is 18.0 Å². The van der Waals surface area contributed by atoms with Crippen molar-refractivity contribution in [1.29, 1.82) is 0 Å². The summed E-state index contributed by atoms with van der Waals surface area (Å²) in [7, 11) is 3.26. The first kappa shape index (κ1) is 16.1. The van der Waals surface area contributed by atoms with Gasteiger partial charge in [0, 0.05) is 19.9 Å². The number of aliphatic carboxylic acids is 1. The molecule has 3 atom stereocenters. The van der Waals surface area contributed by atoms with Crippen LogP contribution in [0.1, 0.15) is 20.3 Å². The van der Waals surface area contributed by atoms with Gasteiger partial charge >= 0.3 is 12.0 Å². The van der Waals surface area contributed by atoms with E-state index >= 15 is 0 Å². The molecule has 19 heavy (non-hydrogen) atoms. The standard InChI is InChI=1S/C12H22N2O4S/c1-5-10-14(9(7-19-10)11(15)16)12(17)13(3)8(2)6-18-4/h8-10H,5-7H2,1-4H3,(H,15,16). The minimum atomic E-state index is -0.940. The fourth-order valence-corrected chi connectivity index (χ4v) is 3.39. The normalized spacial score (nSPS) is 24.3. The van der Waals surface area contributed by atoms with Crippen molar-refractivity contribution in [3.8, 4) is 0 Å². The molecule has 0 bridgehead atoms. The van der Waals surface area contributed by atoms with E-state index in [0.29, 0.717) is 12.4 Å². The molecule has 0 radical (unpaired) electrons. The second-order valence-corrected chi connectivity index (χ2v) is 5.87. The first-order valence-electron chi connectivity index (χ1n) is 6.32. The minimum absolute atomic E-state index is 0.0641. The summed E-state index contributed by atoms with van der Waals surface area (Å²) in [5.74, 6) is -0.490. The van der Waals surface area contributed by atoms with Gasteiger partial charge in [0.25, 0.3) is 0 Å². The van der Waals surface area contributed by atoms with Gasteiger partial charge in [0.1, 0.15) is 6.04 Å². The Bertz CT molecular complexity index is 340. The van der Waals surface area contributed by atoms with Crippen LogP contribution in [0, 0.1) is 0 Å². The Morgan fingerprint density at radius 1 is 1.58 bits per heavy atom. The van der Waals surface area contributed by atoms with Crippen molar-refractivity contribution in [3.63, 3.8) is 0 Å². The van der Waals surface area contributed by atoms with Crippen LogP contribution in [0.2, 0.25) is 0 Å². The summed E-state index contributed by atoms with van der Waals surface area (Å²) in [5, 5.41) is 9.16. The zero-order valence-electron chi connectivity index (χ0n) is 11.8. The highest BCUT2D eigenvalue weighted by Gasteiger charge is 2.42. The molecule has 0 aromatic heterocycles. The van der Waals surface area contributed by atoms with E-state index in [1.54, 1.807) is 19.1 Å². The smallest absolute Gasteiger partial charge is 0.327 e. The molecule has 7 heteroatoms. The van der Waals surface area contributed by atoms with Crippen LogP contribution in [0.5, 0.6) is 0 Å². The molecule has 1 aliphatic rings. The van der Waals surface area contributed by atoms with Gasteiger partial charge in [-0.1, -0.05) is 6.92 Å². The molecule has 1 heterocycles. The maximum Gasteiger partial charge on any atom is 0.327 e. The topological polar surface area (TPSA) is 70.1 Å². The molecule has 0 aromatic rings. The van der Waals surface area contributed by atoms with Crippen LogP contribution in [-0.4, -0.2) is 70.9 Å². The summed E-state index contributed by atoms with van der Waals surface area (Å²) in [4.78, 5) is 26.7. The number of thioether (sulfide) groups is 1. The highest BCUT2D eigenvalue weighted by Crippen LogP contribution is 2.32. The third kappa shape index (κ3) is 3.54. The number of carbonyl (C=O) groups is 2. The van der Waals surface area contributed by atoms with Crippen LogP contribution >= 0.6 is 11.8 Å². The molecular formula is C12H22N2O4S. The van der Waals surface area contributed by atoms with Crippen LogP contribution < -0.4 is 0 Å². The molecule has 0 spiro atoms. The fraction of sp³-hybridized carbons (Fsp3) is 0.833. The maximum absolute atomic E-state index is 12.5. The van der Waals surface area contributed by atoms with E-state index in [1.165, 1.54) is 16.7 Å². The van der Waals surface area contributed by atoms with Crippen molar-refractivity contribution >= 4 is 23.8 Å². The Kier molecular flexibility index (Phi) is 5.93. The SMILES string of the molecule is CCC1SCC(C(=O)O)N1C(=O)N(C)C(C)COC. The number of ether oxygens (including phenoxy) is 1. The van der Waals surface area contributed by atoms with Crippen LogP contribution in [0.4, 0.5) is 4.79 Å². The molecule has 0 aliphatic carbocycles. The second kappa shape index (κ2) is 7.00. The van der Waals surface area contributed by atoms with E-state index in [2.05, 4.69) is 0 Å². The van der Waals surface area contributed by atoms with Crippen molar-refractivity contribution in [1.82, 2.24) is 9.80 Å². The van der Waals surface area contributed by atoms with Gasteiger partial charge in [0.2, 0.25) is 0 Å². The second-order valence-electron chi connectivity index (χ2n) is 4.66. The first-order valence-corrected chi connectivity index (χ1v) is 7.37. The van der Waals surface area contributed by atoms with Crippen LogP contribution in [0.25, 0.3) is 0 Å². The van der Waals surface area contributed by atoms with Crippen molar-refractivity contribution < 1.29 is 19.4 Å². The fourth-order valence-electron chi connectivity index (χ4n) is 2.05. The summed E-state index contributed by atoms with van der Waals surface area (Å²) in [6, 6.07) is -1.07. The minimum Gasteiger partial charge on any atom is -0.480 e. The van der Waals surface area contributed by atoms with Crippen LogP contribution in [0.15, 0.2) is 0 Å². The van der Waals surface area contributed by atoms with Crippen molar-refractivity contribution in [2.45, 2.75) is 37.7 Å². The number of methoxy groups -OCH3 is 1. The zero-order valence-corrected chi connectivity index (χ0v) is 12.6. The van der Waals surface area contributed by atoms with E-state index in [9.17, 15) is 14.7 Å². The molecule has 0 aromatic carbocycles. The third-order valence-electron chi connectivity index (χ3n) is 3.32. The average Bonchev–Trinajstić information content (AvgIpc) is 2.81. The summed E-state index contributed by atoms with van der Waals surface area (Å²) in [6.45, 7) is 4.26. The monoisotopic (exact) mass is 290 g/mol. The number of rotatable bonds is 5. The number of hydrogen-bond acceptors (Lipinski definition) is 4. The Balaban J connectivity index is 2.83. The number of nitrogens with zero attached hydrogens (tertiary/aromatic N) is 2. The molecule has 0 saturated carbocycles. The summed E-state index contributed by atoms with van der Waals surface area (Å²) < 4.78 is 5.03. The number of carbonyl (C=O) groups excluding carboxylic acids is 1.